The van der Waals surface area contributed by atoms with Crippen molar-refractivity contribution in [1.29, 1.82) is 0 Å². The van der Waals surface area contributed by atoms with Gasteiger partial charge in [0, 0.05) is 13.1 Å². The molecule has 0 atom stereocenters. The molecular weight excluding hydrogens is 270 g/mol. The highest BCUT2D eigenvalue weighted by Gasteiger charge is 2.18. The maximum absolute atomic E-state index is 11.6. The van der Waals surface area contributed by atoms with Gasteiger partial charge in [0.2, 0.25) is 20.0 Å². The molecule has 0 aliphatic carbocycles. The Bertz CT molecular complexity index is 575. The van der Waals surface area contributed by atoms with Gasteiger partial charge in [-0.1, -0.05) is 0 Å². The van der Waals surface area contributed by atoms with Gasteiger partial charge in [-0.25, -0.2) is 26.3 Å². The van der Waals surface area contributed by atoms with Crippen molar-refractivity contribution in [3.63, 3.8) is 0 Å². The standard InChI is InChI=1S/C6H13N5O4S2/c1-16(12,13)9-2-3-10-17(14,15)5-4-8-11-6(5)7/h4,9-10H,2-3H2,1H3,(H3,7,8,11). The molecule has 1 aromatic rings. The summed E-state index contributed by atoms with van der Waals surface area (Å²) in [5.74, 6) is -0.0754. The van der Waals surface area contributed by atoms with Crippen molar-refractivity contribution in [2.75, 3.05) is 25.1 Å². The first-order valence-corrected chi connectivity index (χ1v) is 7.83. The maximum atomic E-state index is 11.6. The minimum atomic E-state index is -3.77. The van der Waals surface area contributed by atoms with Crippen molar-refractivity contribution >= 4 is 25.9 Å². The van der Waals surface area contributed by atoms with Crippen LogP contribution in [0.5, 0.6) is 0 Å². The minimum Gasteiger partial charge on any atom is -0.383 e. The summed E-state index contributed by atoms with van der Waals surface area (Å²) in [7, 11) is -7.10. The van der Waals surface area contributed by atoms with E-state index >= 15 is 0 Å². The third kappa shape index (κ3) is 4.30. The van der Waals surface area contributed by atoms with Gasteiger partial charge in [0.1, 0.15) is 10.7 Å². The van der Waals surface area contributed by atoms with Crippen LogP contribution in [0.4, 0.5) is 5.82 Å². The van der Waals surface area contributed by atoms with E-state index in [1.807, 2.05) is 0 Å². The predicted octanol–water partition coefficient (Wildman–Crippen LogP) is -2.18. The highest BCUT2D eigenvalue weighted by atomic mass is 32.2. The fraction of sp³-hybridized carbons (Fsp3) is 0.500. The van der Waals surface area contributed by atoms with Gasteiger partial charge >= 0.3 is 0 Å². The summed E-state index contributed by atoms with van der Waals surface area (Å²) in [6.07, 6.45) is 2.05. The molecule has 0 unspecified atom stereocenters. The van der Waals surface area contributed by atoms with Gasteiger partial charge in [0.25, 0.3) is 0 Å². The Balaban J connectivity index is 2.55. The largest absolute Gasteiger partial charge is 0.383 e. The lowest BCUT2D eigenvalue weighted by Gasteiger charge is -2.05. The van der Waals surface area contributed by atoms with Crippen molar-refractivity contribution < 1.29 is 16.8 Å². The number of anilines is 1. The zero-order valence-corrected chi connectivity index (χ0v) is 10.6. The molecular formula is C6H13N5O4S2. The number of rotatable bonds is 6. The van der Waals surface area contributed by atoms with Crippen molar-refractivity contribution in [2.24, 2.45) is 0 Å². The minimum absolute atomic E-state index is 0.0458. The molecule has 1 heterocycles. The van der Waals surface area contributed by atoms with E-state index in [-0.39, 0.29) is 23.8 Å². The molecule has 98 valence electrons. The molecule has 1 rings (SSSR count). The van der Waals surface area contributed by atoms with E-state index < -0.39 is 20.0 Å². The second-order valence-corrected chi connectivity index (χ2v) is 6.78. The first kappa shape index (κ1) is 13.9. The fourth-order valence-corrected chi connectivity index (χ4v) is 2.52. The SMILES string of the molecule is CS(=O)(=O)NCCNS(=O)(=O)c1cn[nH]c1N. The summed E-state index contributed by atoms with van der Waals surface area (Å²) in [5.41, 5.74) is 5.35. The quantitative estimate of drug-likeness (QED) is 0.436. The summed E-state index contributed by atoms with van der Waals surface area (Å²) in [6.45, 7) is -0.129. The Labute approximate surface area is 98.9 Å². The van der Waals surface area contributed by atoms with Gasteiger partial charge < -0.3 is 5.73 Å². The van der Waals surface area contributed by atoms with Gasteiger partial charge in [-0.2, -0.15) is 5.10 Å². The Morgan fingerprint density at radius 1 is 1.29 bits per heavy atom. The van der Waals surface area contributed by atoms with Gasteiger partial charge in [-0.15, -0.1) is 0 Å². The summed E-state index contributed by atoms with van der Waals surface area (Å²) in [4.78, 5) is -0.170. The van der Waals surface area contributed by atoms with E-state index in [4.69, 9.17) is 5.73 Å². The molecule has 0 saturated heterocycles. The molecule has 0 fully saturated rings. The second kappa shape index (κ2) is 5.00. The van der Waals surface area contributed by atoms with Crippen LogP contribution in [-0.4, -0.2) is 46.4 Å². The molecule has 0 aromatic carbocycles. The number of hydrogen-bond donors (Lipinski definition) is 4. The second-order valence-electron chi connectivity index (χ2n) is 3.21. The van der Waals surface area contributed by atoms with Gasteiger partial charge in [-0.05, 0) is 0 Å². The zero-order valence-electron chi connectivity index (χ0n) is 8.97. The van der Waals surface area contributed by atoms with E-state index in [1.165, 1.54) is 0 Å². The van der Waals surface area contributed by atoms with Crippen LogP contribution in [0.3, 0.4) is 0 Å². The fourth-order valence-electron chi connectivity index (χ4n) is 0.999. The van der Waals surface area contributed by atoms with Gasteiger partial charge in [0.05, 0.1) is 12.5 Å². The first-order valence-electron chi connectivity index (χ1n) is 4.45. The third-order valence-corrected chi connectivity index (χ3v) is 3.92. The van der Waals surface area contributed by atoms with Crippen LogP contribution < -0.4 is 15.2 Å². The molecule has 1 aromatic heterocycles. The van der Waals surface area contributed by atoms with Gasteiger partial charge in [-0.3, -0.25) is 5.10 Å². The summed E-state index contributed by atoms with van der Waals surface area (Å²) in [6, 6.07) is 0. The van der Waals surface area contributed by atoms with E-state index in [0.29, 0.717) is 0 Å². The van der Waals surface area contributed by atoms with E-state index in [9.17, 15) is 16.8 Å². The van der Waals surface area contributed by atoms with Crippen LogP contribution in [-0.2, 0) is 20.0 Å². The smallest absolute Gasteiger partial charge is 0.245 e. The third-order valence-electron chi connectivity index (χ3n) is 1.70. The molecule has 0 saturated carbocycles. The Kier molecular flexibility index (Phi) is 4.08. The van der Waals surface area contributed by atoms with E-state index in [1.54, 1.807) is 0 Å². The van der Waals surface area contributed by atoms with Crippen LogP contribution in [0, 0.1) is 0 Å². The van der Waals surface area contributed by atoms with Crippen LogP contribution >= 0.6 is 0 Å². The molecule has 11 heteroatoms. The van der Waals surface area contributed by atoms with E-state index in [0.717, 1.165) is 12.5 Å². The van der Waals surface area contributed by atoms with Crippen molar-refractivity contribution in [3.05, 3.63) is 6.20 Å². The number of nitrogens with zero attached hydrogens (tertiary/aromatic N) is 1. The maximum Gasteiger partial charge on any atom is 0.245 e. The number of sulfonamides is 2. The van der Waals surface area contributed by atoms with Crippen molar-refractivity contribution in [3.8, 4) is 0 Å². The lowest BCUT2D eigenvalue weighted by atomic mass is 10.7. The molecule has 0 aliphatic heterocycles. The molecule has 0 spiro atoms. The predicted molar refractivity (Wildman–Crippen MR) is 61.0 cm³/mol. The topological polar surface area (TPSA) is 147 Å². The number of aromatic nitrogens is 2. The number of nitrogens with two attached hydrogens (primary N) is 1. The molecule has 0 amide bonds. The number of H-pyrrole nitrogens is 1. The summed E-state index contributed by atoms with van der Waals surface area (Å²) in [5, 5.41) is 5.76. The lowest BCUT2D eigenvalue weighted by Crippen LogP contribution is -2.34. The Morgan fingerprint density at radius 2 is 1.88 bits per heavy atom. The van der Waals surface area contributed by atoms with Gasteiger partial charge in [0.15, 0.2) is 0 Å². The van der Waals surface area contributed by atoms with Crippen molar-refractivity contribution in [2.45, 2.75) is 4.90 Å². The van der Waals surface area contributed by atoms with Crippen LogP contribution in [0.25, 0.3) is 0 Å². The molecule has 0 bridgehead atoms. The zero-order chi connectivity index (χ0) is 13.1. The van der Waals surface area contributed by atoms with Crippen LogP contribution in [0.15, 0.2) is 11.1 Å². The number of hydrogen-bond acceptors (Lipinski definition) is 6. The van der Waals surface area contributed by atoms with Crippen LogP contribution in [0.2, 0.25) is 0 Å². The van der Waals surface area contributed by atoms with E-state index in [2.05, 4.69) is 19.6 Å². The number of aromatic amines is 1. The van der Waals surface area contributed by atoms with Crippen LogP contribution in [0.1, 0.15) is 0 Å². The molecule has 0 aliphatic rings. The molecule has 17 heavy (non-hydrogen) atoms. The summed E-state index contributed by atoms with van der Waals surface area (Å²) >= 11 is 0. The molecule has 9 nitrogen and oxygen atoms in total. The highest BCUT2D eigenvalue weighted by molar-refractivity contribution is 7.89. The first-order chi connectivity index (χ1) is 7.72. The molecule has 5 N–H and O–H groups in total. The average molecular weight is 283 g/mol. The lowest BCUT2D eigenvalue weighted by molar-refractivity contribution is 0.573. The monoisotopic (exact) mass is 283 g/mol. The highest BCUT2D eigenvalue weighted by Crippen LogP contribution is 2.12. The summed E-state index contributed by atoms with van der Waals surface area (Å²) < 4.78 is 49.0. The number of nitrogens with one attached hydrogen (secondary N) is 3. The normalized spacial score (nSPS) is 12.8. The van der Waals surface area contributed by atoms with Crippen molar-refractivity contribution in [1.82, 2.24) is 19.6 Å². The Hall–Kier alpha value is -1.17. The Morgan fingerprint density at radius 3 is 2.35 bits per heavy atom. The molecule has 0 radical (unpaired) electrons. The number of nitrogen functional groups attached to an aromatic ring is 1. The average Bonchev–Trinajstić information content (AvgIpc) is 2.58.